The third-order valence-corrected chi connectivity index (χ3v) is 11.3. The highest BCUT2D eigenvalue weighted by Crippen LogP contribution is 2.43. The van der Waals surface area contributed by atoms with Gasteiger partial charge in [0.1, 0.15) is 0 Å². The third kappa shape index (κ3) is 6.87. The van der Waals surface area contributed by atoms with Crippen LogP contribution in [-0.4, -0.2) is 46.1 Å². The van der Waals surface area contributed by atoms with Gasteiger partial charge in [0, 0.05) is 24.3 Å². The molecule has 11 heteroatoms. The molecule has 2 aromatic rings. The minimum Gasteiger partial charge on any atom is -0.370 e. The van der Waals surface area contributed by atoms with E-state index in [-0.39, 0.29) is 4.90 Å². The van der Waals surface area contributed by atoms with Gasteiger partial charge in [0.05, 0.1) is 26.6 Å². The number of carbonyl (C=O) groups excluding carboxylic acids is 1. The first-order valence-electron chi connectivity index (χ1n) is 13.5. The number of carbonyl (C=O) groups is 1. The van der Waals surface area contributed by atoms with Gasteiger partial charge in [-0.1, -0.05) is 17.2 Å². The molecule has 1 amide bonds. The van der Waals surface area contributed by atoms with Gasteiger partial charge in [-0.25, -0.2) is 21.6 Å². The molecule has 1 aliphatic heterocycles. The van der Waals surface area contributed by atoms with Crippen molar-refractivity contribution >= 4 is 43.0 Å². The summed E-state index contributed by atoms with van der Waals surface area (Å²) in [5.41, 5.74) is 3.79. The van der Waals surface area contributed by atoms with Crippen molar-refractivity contribution in [1.82, 2.24) is 4.72 Å². The number of allylic oxidation sites excluding steroid dienone is 1. The first-order valence-corrected chi connectivity index (χ1v) is 16.5. The topological polar surface area (TPSA) is 125 Å². The molecule has 0 bridgehead atoms. The van der Waals surface area contributed by atoms with Crippen LogP contribution in [0.1, 0.15) is 77.6 Å². The molecule has 218 valence electrons. The molecular formula is C29H40N4O5S2. The zero-order chi connectivity index (χ0) is 29.5. The number of benzene rings is 2. The molecule has 0 spiro atoms. The normalized spacial score (nSPS) is 17.4. The van der Waals surface area contributed by atoms with E-state index in [9.17, 15) is 21.6 Å². The number of anilines is 3. The summed E-state index contributed by atoms with van der Waals surface area (Å²) in [7, 11) is -7.35. The summed E-state index contributed by atoms with van der Waals surface area (Å²) in [6.07, 6.45) is 2.96. The summed E-state index contributed by atoms with van der Waals surface area (Å²) < 4.78 is 56.0. The van der Waals surface area contributed by atoms with Crippen LogP contribution in [0, 0.1) is 0 Å². The van der Waals surface area contributed by atoms with E-state index < -0.39 is 36.2 Å². The molecule has 1 heterocycles. The van der Waals surface area contributed by atoms with Crippen LogP contribution in [-0.2, 0) is 20.0 Å². The average molecular weight is 589 g/mol. The number of hydrogen-bond donors (Lipinski definition) is 3. The smallest absolute Gasteiger partial charge is 0.257 e. The number of hydrogen-bond acceptors (Lipinski definition) is 6. The van der Waals surface area contributed by atoms with Crippen LogP contribution < -0.4 is 19.7 Å². The van der Waals surface area contributed by atoms with Crippen LogP contribution in [0.4, 0.5) is 17.1 Å². The second-order valence-corrected chi connectivity index (χ2v) is 16.1. The zero-order valence-electron chi connectivity index (χ0n) is 24.1. The predicted octanol–water partition coefficient (Wildman–Crippen LogP) is 5.25. The molecule has 1 saturated heterocycles. The van der Waals surface area contributed by atoms with E-state index in [0.29, 0.717) is 48.6 Å². The number of rotatable bonds is 8. The summed E-state index contributed by atoms with van der Waals surface area (Å²) in [4.78, 5) is 15.7. The van der Waals surface area contributed by atoms with Crippen LogP contribution in [0.3, 0.4) is 0 Å². The number of piperidine rings is 1. The molecule has 1 aliphatic carbocycles. The highest BCUT2D eigenvalue weighted by atomic mass is 32.2. The lowest BCUT2D eigenvalue weighted by Crippen LogP contribution is -2.40. The minimum absolute atomic E-state index is 0.0454. The van der Waals surface area contributed by atoms with E-state index in [2.05, 4.69) is 33.5 Å². The molecule has 0 radical (unpaired) electrons. The van der Waals surface area contributed by atoms with E-state index in [1.807, 2.05) is 0 Å². The minimum atomic E-state index is -3.79. The Morgan fingerprint density at radius 2 is 1.57 bits per heavy atom. The lowest BCUT2D eigenvalue weighted by atomic mass is 9.98. The van der Waals surface area contributed by atoms with Gasteiger partial charge < -0.3 is 10.2 Å². The van der Waals surface area contributed by atoms with Gasteiger partial charge >= 0.3 is 0 Å². The van der Waals surface area contributed by atoms with Gasteiger partial charge in [-0.2, -0.15) is 0 Å². The number of nitrogens with one attached hydrogen (secondary N) is 3. The number of amides is 1. The first kappa shape index (κ1) is 30.1. The van der Waals surface area contributed by atoms with Crippen LogP contribution >= 0.6 is 0 Å². The van der Waals surface area contributed by atoms with Gasteiger partial charge in [-0.15, -0.1) is 0 Å². The van der Waals surface area contributed by atoms with Crippen LogP contribution in [0.2, 0.25) is 0 Å². The Balaban J connectivity index is 1.64. The van der Waals surface area contributed by atoms with Gasteiger partial charge in [0.2, 0.25) is 20.0 Å². The average Bonchev–Trinajstić information content (AvgIpc) is 3.62. The van der Waals surface area contributed by atoms with Crippen molar-refractivity contribution in [1.29, 1.82) is 0 Å². The number of sulfonamides is 2. The lowest BCUT2D eigenvalue weighted by Gasteiger charge is -2.33. The molecule has 0 unspecified atom stereocenters. The summed E-state index contributed by atoms with van der Waals surface area (Å²) in [6, 6.07) is 11.1. The SMILES string of the molecule is CC(C)=C1CCN(c2cc(NS(=O)(=O)C3(C)CC3)ccc2C(=O)Nc2cccc(S(=O)(=O)NC(C)(C)C)c2)CC1. The van der Waals surface area contributed by atoms with Crippen molar-refractivity contribution in [3.8, 4) is 0 Å². The Morgan fingerprint density at radius 3 is 2.15 bits per heavy atom. The van der Waals surface area contributed by atoms with Gasteiger partial charge in [0.25, 0.3) is 5.91 Å². The Morgan fingerprint density at radius 1 is 0.925 bits per heavy atom. The number of nitrogens with zero attached hydrogens (tertiary/aromatic N) is 1. The highest BCUT2D eigenvalue weighted by Gasteiger charge is 2.50. The van der Waals surface area contributed by atoms with E-state index in [0.717, 1.165) is 12.8 Å². The second-order valence-electron chi connectivity index (χ2n) is 12.2. The Hall–Kier alpha value is -2.89. The molecule has 1 saturated carbocycles. The molecule has 2 aliphatic rings. The molecule has 4 rings (SSSR count). The molecule has 2 fully saturated rings. The van der Waals surface area contributed by atoms with Crippen molar-refractivity contribution in [2.24, 2.45) is 0 Å². The largest absolute Gasteiger partial charge is 0.370 e. The monoisotopic (exact) mass is 588 g/mol. The maximum absolute atomic E-state index is 13.6. The Bertz CT molecular complexity index is 1540. The summed E-state index contributed by atoms with van der Waals surface area (Å²) in [5.74, 6) is -0.412. The quantitative estimate of drug-likeness (QED) is 0.362. The molecule has 40 heavy (non-hydrogen) atoms. The fourth-order valence-corrected chi connectivity index (χ4v) is 7.48. The van der Waals surface area contributed by atoms with E-state index >= 15 is 0 Å². The third-order valence-electron chi connectivity index (χ3n) is 7.36. The lowest BCUT2D eigenvalue weighted by molar-refractivity contribution is 0.102. The maximum atomic E-state index is 13.6. The zero-order valence-corrected chi connectivity index (χ0v) is 25.7. The van der Waals surface area contributed by atoms with Gasteiger partial charge in [-0.3, -0.25) is 9.52 Å². The van der Waals surface area contributed by atoms with E-state index in [1.165, 1.54) is 23.3 Å². The summed E-state index contributed by atoms with van der Waals surface area (Å²) in [6.45, 7) is 12.6. The molecule has 0 atom stereocenters. The van der Waals surface area contributed by atoms with Crippen LogP contribution in [0.15, 0.2) is 58.5 Å². The van der Waals surface area contributed by atoms with Crippen molar-refractivity contribution in [3.05, 3.63) is 59.2 Å². The van der Waals surface area contributed by atoms with Crippen molar-refractivity contribution in [2.75, 3.05) is 28.0 Å². The van der Waals surface area contributed by atoms with Crippen molar-refractivity contribution < 1.29 is 21.6 Å². The highest BCUT2D eigenvalue weighted by molar-refractivity contribution is 7.94. The van der Waals surface area contributed by atoms with Gasteiger partial charge in [0.15, 0.2) is 0 Å². The van der Waals surface area contributed by atoms with Crippen molar-refractivity contribution in [2.45, 2.75) is 82.4 Å². The fourth-order valence-electron chi connectivity index (χ4n) is 4.69. The predicted molar refractivity (Wildman–Crippen MR) is 161 cm³/mol. The van der Waals surface area contributed by atoms with Gasteiger partial charge in [-0.05, 0) is 104 Å². The van der Waals surface area contributed by atoms with Crippen LogP contribution in [0.5, 0.6) is 0 Å². The molecular weight excluding hydrogens is 548 g/mol. The molecule has 2 aromatic carbocycles. The van der Waals surface area contributed by atoms with E-state index in [4.69, 9.17) is 0 Å². The summed E-state index contributed by atoms with van der Waals surface area (Å²) >= 11 is 0. The fraction of sp³-hybridized carbons (Fsp3) is 0.483. The maximum Gasteiger partial charge on any atom is 0.257 e. The molecule has 0 aromatic heterocycles. The van der Waals surface area contributed by atoms with E-state index in [1.54, 1.807) is 58.0 Å². The van der Waals surface area contributed by atoms with Crippen molar-refractivity contribution in [3.63, 3.8) is 0 Å². The Kier molecular flexibility index (Phi) is 8.14. The Labute approximate surface area is 238 Å². The first-order chi connectivity index (χ1) is 18.5. The van der Waals surface area contributed by atoms with Crippen LogP contribution in [0.25, 0.3) is 0 Å². The second kappa shape index (κ2) is 10.8. The molecule has 3 N–H and O–H groups in total. The standard InChI is InChI=1S/C29H40N4O5S2/c1-20(2)21-12-16-33(17-13-21)26-19-23(31-40(37,38)29(6)14-15-29)10-11-25(26)27(34)30-22-8-7-9-24(18-22)39(35,36)32-28(3,4)5/h7-11,18-19,31-32H,12-17H2,1-6H3,(H,30,34). The summed E-state index contributed by atoms with van der Waals surface area (Å²) in [5, 5.41) is 2.84. The molecule has 9 nitrogen and oxygen atoms in total.